The first-order valence-corrected chi connectivity index (χ1v) is 10.9. The first-order chi connectivity index (χ1) is 13.3. The van der Waals surface area contributed by atoms with E-state index in [1.165, 1.54) is 6.07 Å². The van der Waals surface area contributed by atoms with Crippen molar-refractivity contribution in [3.05, 3.63) is 33.1 Å². The van der Waals surface area contributed by atoms with Gasteiger partial charge < -0.3 is 15.7 Å². The Bertz CT molecular complexity index is 812. The number of fused-ring (bicyclic) bond motifs is 1. The number of carbonyl (C=O) groups is 2. The fourth-order valence-electron chi connectivity index (χ4n) is 5.20. The number of benzene rings is 1. The predicted octanol–water partition coefficient (Wildman–Crippen LogP) is 2.08. The van der Waals surface area contributed by atoms with Gasteiger partial charge in [0.15, 0.2) is 6.35 Å². The van der Waals surface area contributed by atoms with Gasteiger partial charge in [-0.2, -0.15) is 0 Å². The van der Waals surface area contributed by atoms with Crippen molar-refractivity contribution < 1.29 is 19.1 Å². The van der Waals surface area contributed by atoms with Crippen molar-refractivity contribution in [2.24, 2.45) is 23.0 Å². The average molecular weight is 501 g/mol. The molecule has 3 aliphatic rings. The van der Waals surface area contributed by atoms with Gasteiger partial charge in [-0.3, -0.25) is 15.3 Å². The summed E-state index contributed by atoms with van der Waals surface area (Å²) in [6.07, 6.45) is 4.12. The maximum Gasteiger partial charge on any atom is 0.229 e. The molecule has 0 radical (unpaired) electrons. The zero-order valence-electron chi connectivity index (χ0n) is 15.5. The highest BCUT2D eigenvalue weighted by Crippen LogP contribution is 2.71. The zero-order chi connectivity index (χ0) is 20.1. The summed E-state index contributed by atoms with van der Waals surface area (Å²) in [6.45, 7) is 0. The van der Waals surface area contributed by atoms with Crippen LogP contribution < -0.4 is 16.4 Å². The summed E-state index contributed by atoms with van der Waals surface area (Å²) in [7, 11) is 0. The molecular weight excluding hydrogens is 476 g/mol. The summed E-state index contributed by atoms with van der Waals surface area (Å²) in [6, 6.07) is 5.18. The van der Waals surface area contributed by atoms with Crippen LogP contribution in [-0.4, -0.2) is 23.3 Å². The number of halogens is 2. The molecule has 2 amide bonds. The molecule has 0 heterocycles. The Morgan fingerprint density at radius 2 is 1.96 bits per heavy atom. The molecule has 1 aromatic carbocycles. The number of nitrogens with one attached hydrogen (secondary N) is 2. The first kappa shape index (κ1) is 20.0. The molecule has 2 unspecified atom stereocenters. The van der Waals surface area contributed by atoms with Gasteiger partial charge in [0.05, 0.1) is 11.0 Å². The van der Waals surface area contributed by atoms with Crippen LogP contribution in [0.1, 0.15) is 50.5 Å². The first-order valence-electron chi connectivity index (χ1n) is 9.80. The molecule has 3 aliphatic carbocycles. The van der Waals surface area contributed by atoms with E-state index in [1.807, 2.05) is 6.07 Å². The van der Waals surface area contributed by atoms with Gasteiger partial charge in [0, 0.05) is 15.1 Å². The number of hydrogen-bond donors (Lipinski definition) is 4. The fraction of sp³-hybridized carbons (Fsp3) is 0.600. The summed E-state index contributed by atoms with van der Waals surface area (Å²) in [5.74, 6) is -0.925. The standard InChI is InChI=1S/C20H25FIN3O3/c21-15-8-11(22)4-5-13(15)20(6-2-1-3-7-20)25-16(26)12-9-19(10-14(12)19)17(27)24-18(23)28/h4-5,8,12,14,18,28H,1-3,6-7,9-10,23H2,(H,24,27)(H,25,26)/t12-,14?,18?,19-/m1/s1. The minimum atomic E-state index is -1.38. The van der Waals surface area contributed by atoms with Crippen LogP contribution in [0.25, 0.3) is 0 Å². The third-order valence-electron chi connectivity index (χ3n) is 6.79. The van der Waals surface area contributed by atoms with Crippen LogP contribution in [0.15, 0.2) is 18.2 Å². The number of aliphatic hydroxyl groups excluding tert-OH is 1. The van der Waals surface area contributed by atoms with Gasteiger partial charge in [0.25, 0.3) is 0 Å². The molecule has 8 heteroatoms. The lowest BCUT2D eigenvalue weighted by atomic mass is 9.71. The number of amides is 2. The highest BCUT2D eigenvalue weighted by molar-refractivity contribution is 14.1. The van der Waals surface area contributed by atoms with E-state index in [9.17, 15) is 14.0 Å². The van der Waals surface area contributed by atoms with Crippen LogP contribution in [-0.2, 0) is 15.1 Å². The van der Waals surface area contributed by atoms with Crippen LogP contribution in [0.4, 0.5) is 4.39 Å². The Balaban J connectivity index is 1.49. The lowest BCUT2D eigenvalue weighted by Gasteiger charge is -2.42. The number of nitrogens with two attached hydrogens (primary N) is 1. The van der Waals surface area contributed by atoms with Crippen molar-refractivity contribution in [3.8, 4) is 0 Å². The highest BCUT2D eigenvalue weighted by Gasteiger charge is 2.73. The summed E-state index contributed by atoms with van der Waals surface area (Å²) in [5.41, 5.74) is 4.55. The molecule has 4 atom stereocenters. The SMILES string of the molecule is NC(O)NC(=O)[C@]12CC1[C@H](C(=O)NC1(c3ccc(I)cc3F)CCCCC1)C2. The average Bonchev–Trinajstić information content (AvgIpc) is 3.19. The topological polar surface area (TPSA) is 104 Å². The third-order valence-corrected chi connectivity index (χ3v) is 7.46. The van der Waals surface area contributed by atoms with Gasteiger partial charge >= 0.3 is 0 Å². The van der Waals surface area contributed by atoms with Crippen molar-refractivity contribution >= 4 is 34.4 Å². The molecule has 152 valence electrons. The van der Waals surface area contributed by atoms with Gasteiger partial charge in [0.2, 0.25) is 11.8 Å². The summed E-state index contributed by atoms with van der Waals surface area (Å²) >= 11 is 2.08. The largest absolute Gasteiger partial charge is 0.361 e. The van der Waals surface area contributed by atoms with Crippen molar-refractivity contribution in [2.45, 2.75) is 56.8 Å². The van der Waals surface area contributed by atoms with E-state index >= 15 is 0 Å². The molecule has 4 rings (SSSR count). The summed E-state index contributed by atoms with van der Waals surface area (Å²) < 4.78 is 15.6. The molecule has 6 nitrogen and oxygen atoms in total. The number of rotatable bonds is 5. The number of hydrogen-bond acceptors (Lipinski definition) is 4. The van der Waals surface area contributed by atoms with Crippen molar-refractivity contribution in [1.82, 2.24) is 10.6 Å². The highest BCUT2D eigenvalue weighted by atomic mass is 127. The minimum Gasteiger partial charge on any atom is -0.361 e. The lowest BCUT2D eigenvalue weighted by molar-refractivity contribution is -0.139. The van der Waals surface area contributed by atoms with Crippen LogP contribution in [0.5, 0.6) is 0 Å². The quantitative estimate of drug-likeness (QED) is 0.367. The van der Waals surface area contributed by atoms with Crippen LogP contribution in [0.3, 0.4) is 0 Å². The molecule has 3 fully saturated rings. The summed E-state index contributed by atoms with van der Waals surface area (Å²) in [5, 5.41) is 14.7. The maximum atomic E-state index is 14.8. The zero-order valence-corrected chi connectivity index (χ0v) is 17.7. The molecule has 0 spiro atoms. The number of aliphatic hydroxyl groups is 1. The molecule has 0 aliphatic heterocycles. The van der Waals surface area contributed by atoms with E-state index < -0.39 is 17.3 Å². The molecule has 5 N–H and O–H groups in total. The van der Waals surface area contributed by atoms with Crippen molar-refractivity contribution in [1.29, 1.82) is 0 Å². The Labute approximate surface area is 177 Å². The van der Waals surface area contributed by atoms with Gasteiger partial charge in [-0.15, -0.1) is 0 Å². The second-order valence-corrected chi connectivity index (χ2v) is 9.70. The van der Waals surface area contributed by atoms with E-state index in [2.05, 4.69) is 33.2 Å². The molecule has 28 heavy (non-hydrogen) atoms. The monoisotopic (exact) mass is 501 g/mol. The minimum absolute atomic E-state index is 0.0199. The molecule has 1 aromatic rings. The Morgan fingerprint density at radius 3 is 2.57 bits per heavy atom. The molecule has 0 aromatic heterocycles. The van der Waals surface area contributed by atoms with Crippen LogP contribution in [0.2, 0.25) is 0 Å². The molecule has 3 saturated carbocycles. The molecule has 0 saturated heterocycles. The second kappa shape index (κ2) is 7.21. The Morgan fingerprint density at radius 1 is 1.25 bits per heavy atom. The maximum absolute atomic E-state index is 14.8. The Kier molecular flexibility index (Phi) is 5.16. The van der Waals surface area contributed by atoms with E-state index in [0.717, 1.165) is 35.7 Å². The van der Waals surface area contributed by atoms with Gasteiger partial charge in [-0.1, -0.05) is 25.3 Å². The lowest BCUT2D eigenvalue weighted by Crippen LogP contribution is -2.54. The van der Waals surface area contributed by atoms with Crippen molar-refractivity contribution in [2.75, 3.05) is 0 Å². The Hall–Kier alpha value is -1.26. The number of carbonyl (C=O) groups excluding carboxylic acids is 2. The summed E-state index contributed by atoms with van der Waals surface area (Å²) in [4.78, 5) is 25.2. The van der Waals surface area contributed by atoms with Gasteiger partial charge in [0.1, 0.15) is 5.82 Å². The van der Waals surface area contributed by atoms with Crippen LogP contribution in [0, 0.1) is 26.6 Å². The molecule has 0 bridgehead atoms. The normalized spacial score (nSPS) is 31.1. The third kappa shape index (κ3) is 3.33. The molecular formula is C20H25FIN3O3. The van der Waals surface area contributed by atoms with Crippen LogP contribution >= 0.6 is 22.6 Å². The van der Waals surface area contributed by atoms with Gasteiger partial charge in [-0.25, -0.2) is 4.39 Å². The van der Waals surface area contributed by atoms with E-state index in [0.29, 0.717) is 18.4 Å². The predicted molar refractivity (Wildman–Crippen MR) is 109 cm³/mol. The van der Waals surface area contributed by atoms with Crippen molar-refractivity contribution in [3.63, 3.8) is 0 Å². The van der Waals surface area contributed by atoms with Gasteiger partial charge in [-0.05, 0) is 66.3 Å². The second-order valence-electron chi connectivity index (χ2n) is 8.45. The fourth-order valence-corrected chi connectivity index (χ4v) is 5.65. The van der Waals surface area contributed by atoms with E-state index in [-0.39, 0.29) is 29.5 Å². The smallest absolute Gasteiger partial charge is 0.229 e. The van der Waals surface area contributed by atoms with E-state index in [4.69, 9.17) is 10.8 Å². The van der Waals surface area contributed by atoms with E-state index in [1.54, 1.807) is 6.07 Å².